The molecule has 0 unspecified atom stereocenters. The lowest BCUT2D eigenvalue weighted by Gasteiger charge is -2.20. The van der Waals surface area contributed by atoms with Gasteiger partial charge in [0, 0.05) is 26.7 Å². The van der Waals surface area contributed by atoms with Crippen LogP contribution in [0, 0.1) is 0 Å². The zero-order valence-corrected chi connectivity index (χ0v) is 13.8. The fraction of sp³-hybridized carbons (Fsp3) is 0.688. The molecule has 2 rings (SSSR count). The van der Waals surface area contributed by atoms with Gasteiger partial charge in [0.15, 0.2) is 0 Å². The normalized spacial score (nSPS) is 14.8. The molecule has 1 aliphatic heterocycles. The van der Waals surface area contributed by atoms with Crippen molar-refractivity contribution < 1.29 is 4.79 Å². The fourth-order valence-corrected chi connectivity index (χ4v) is 3.97. The van der Waals surface area contributed by atoms with E-state index in [9.17, 15) is 4.79 Å². The lowest BCUT2D eigenvalue weighted by atomic mass is 10.1. The van der Waals surface area contributed by atoms with E-state index in [2.05, 4.69) is 31.9 Å². The summed E-state index contributed by atoms with van der Waals surface area (Å²) in [5, 5.41) is 1.30. The number of anilines is 1. The van der Waals surface area contributed by atoms with Crippen molar-refractivity contribution in [3.8, 4) is 0 Å². The maximum absolute atomic E-state index is 12.7. The fourth-order valence-electron chi connectivity index (χ4n) is 2.80. The van der Waals surface area contributed by atoms with Crippen molar-refractivity contribution in [2.75, 3.05) is 31.6 Å². The molecule has 3 nitrogen and oxygen atoms in total. The van der Waals surface area contributed by atoms with Crippen molar-refractivity contribution in [3.63, 3.8) is 0 Å². The standard InChI is InChI=1S/C16H26N2OS/c1-4-9-18(10-5-2)15(19)14-12-13-8-6-7-11-17(3)16(13)20-14/h12H,4-11H2,1-3H3. The van der Waals surface area contributed by atoms with Gasteiger partial charge in [-0.3, -0.25) is 4.79 Å². The first-order valence-corrected chi connectivity index (χ1v) is 8.62. The Morgan fingerprint density at radius 3 is 2.65 bits per heavy atom. The van der Waals surface area contributed by atoms with Gasteiger partial charge in [-0.05, 0) is 43.7 Å². The second-order valence-electron chi connectivity index (χ2n) is 5.61. The van der Waals surface area contributed by atoms with Crippen LogP contribution in [0.3, 0.4) is 0 Å². The second-order valence-corrected chi connectivity index (χ2v) is 6.64. The third kappa shape index (κ3) is 3.35. The SMILES string of the molecule is CCCN(CCC)C(=O)c1cc2c(s1)N(C)CCCC2. The van der Waals surface area contributed by atoms with E-state index in [-0.39, 0.29) is 5.91 Å². The molecule has 0 fully saturated rings. The number of thiophene rings is 1. The minimum Gasteiger partial charge on any atom is -0.366 e. The van der Waals surface area contributed by atoms with Gasteiger partial charge in [0.25, 0.3) is 5.91 Å². The van der Waals surface area contributed by atoms with Crippen molar-refractivity contribution in [2.45, 2.75) is 46.0 Å². The number of amides is 1. The van der Waals surface area contributed by atoms with E-state index in [0.29, 0.717) is 0 Å². The van der Waals surface area contributed by atoms with Gasteiger partial charge in [0.05, 0.1) is 9.88 Å². The van der Waals surface area contributed by atoms with Crippen molar-refractivity contribution in [1.82, 2.24) is 4.90 Å². The van der Waals surface area contributed by atoms with Crippen LogP contribution in [0.1, 0.15) is 54.8 Å². The Hall–Kier alpha value is -1.03. The van der Waals surface area contributed by atoms with Crippen LogP contribution in [0.25, 0.3) is 0 Å². The Balaban J connectivity index is 2.20. The molecule has 0 atom stereocenters. The molecular formula is C16H26N2OS. The number of fused-ring (bicyclic) bond motifs is 1. The van der Waals surface area contributed by atoms with Crippen molar-refractivity contribution in [1.29, 1.82) is 0 Å². The molecule has 1 aliphatic rings. The number of hydrogen-bond donors (Lipinski definition) is 0. The first-order chi connectivity index (χ1) is 9.67. The molecule has 112 valence electrons. The van der Waals surface area contributed by atoms with E-state index in [1.165, 1.54) is 23.4 Å². The molecule has 0 aromatic carbocycles. The average molecular weight is 294 g/mol. The highest BCUT2D eigenvalue weighted by Crippen LogP contribution is 2.34. The molecule has 0 N–H and O–H groups in total. The topological polar surface area (TPSA) is 23.6 Å². The Kier molecular flexibility index (Phi) is 5.46. The van der Waals surface area contributed by atoms with Gasteiger partial charge in [0.2, 0.25) is 0 Å². The van der Waals surface area contributed by atoms with Crippen LogP contribution in [0.2, 0.25) is 0 Å². The summed E-state index contributed by atoms with van der Waals surface area (Å²) in [5.74, 6) is 0.222. The van der Waals surface area contributed by atoms with E-state index in [0.717, 1.165) is 43.8 Å². The number of hydrogen-bond acceptors (Lipinski definition) is 3. The number of carbonyl (C=O) groups excluding carboxylic acids is 1. The van der Waals surface area contributed by atoms with Crippen LogP contribution in [0.5, 0.6) is 0 Å². The van der Waals surface area contributed by atoms with Crippen molar-refractivity contribution in [3.05, 3.63) is 16.5 Å². The van der Waals surface area contributed by atoms with E-state index >= 15 is 0 Å². The van der Waals surface area contributed by atoms with Crippen molar-refractivity contribution in [2.24, 2.45) is 0 Å². The monoisotopic (exact) mass is 294 g/mol. The summed E-state index contributed by atoms with van der Waals surface area (Å²) in [5.41, 5.74) is 1.37. The highest BCUT2D eigenvalue weighted by Gasteiger charge is 2.22. The molecule has 1 amide bonds. The molecule has 0 spiro atoms. The minimum atomic E-state index is 0.222. The van der Waals surface area contributed by atoms with E-state index in [4.69, 9.17) is 0 Å². The van der Waals surface area contributed by atoms with Gasteiger partial charge in [-0.2, -0.15) is 0 Å². The van der Waals surface area contributed by atoms with Crippen LogP contribution in [0.4, 0.5) is 5.00 Å². The number of carbonyl (C=O) groups is 1. The summed E-state index contributed by atoms with van der Waals surface area (Å²) in [6.07, 6.45) is 5.65. The molecule has 0 saturated carbocycles. The van der Waals surface area contributed by atoms with Gasteiger partial charge in [-0.25, -0.2) is 0 Å². The molecule has 1 aromatic heterocycles. The Morgan fingerprint density at radius 1 is 1.30 bits per heavy atom. The lowest BCUT2D eigenvalue weighted by molar-refractivity contribution is 0.0760. The van der Waals surface area contributed by atoms with Gasteiger partial charge < -0.3 is 9.80 Å². The summed E-state index contributed by atoms with van der Waals surface area (Å²) in [7, 11) is 2.14. The molecule has 0 bridgehead atoms. The largest absolute Gasteiger partial charge is 0.366 e. The average Bonchev–Trinajstić information content (AvgIpc) is 2.79. The summed E-state index contributed by atoms with van der Waals surface area (Å²) >= 11 is 1.68. The summed E-state index contributed by atoms with van der Waals surface area (Å²) in [6.45, 7) is 7.10. The molecule has 0 saturated heterocycles. The van der Waals surface area contributed by atoms with E-state index < -0.39 is 0 Å². The lowest BCUT2D eigenvalue weighted by Crippen LogP contribution is -2.31. The third-order valence-corrected chi connectivity index (χ3v) is 5.09. The highest BCUT2D eigenvalue weighted by molar-refractivity contribution is 7.18. The molecular weight excluding hydrogens is 268 g/mol. The van der Waals surface area contributed by atoms with E-state index in [1.807, 2.05) is 4.90 Å². The van der Waals surface area contributed by atoms with Crippen LogP contribution in [0.15, 0.2) is 6.07 Å². The molecule has 1 aromatic rings. The first-order valence-electron chi connectivity index (χ1n) is 7.80. The molecule has 20 heavy (non-hydrogen) atoms. The smallest absolute Gasteiger partial charge is 0.264 e. The summed E-state index contributed by atoms with van der Waals surface area (Å²) in [4.78, 5) is 17.9. The third-order valence-electron chi connectivity index (χ3n) is 3.81. The number of aryl methyl sites for hydroxylation is 1. The predicted octanol–water partition coefficient (Wildman–Crippen LogP) is 3.78. The molecule has 0 radical (unpaired) electrons. The quantitative estimate of drug-likeness (QED) is 0.825. The van der Waals surface area contributed by atoms with Gasteiger partial charge in [-0.15, -0.1) is 11.3 Å². The van der Waals surface area contributed by atoms with Crippen LogP contribution < -0.4 is 4.90 Å². The molecule has 4 heteroatoms. The predicted molar refractivity (Wildman–Crippen MR) is 87.0 cm³/mol. The maximum Gasteiger partial charge on any atom is 0.264 e. The maximum atomic E-state index is 12.7. The van der Waals surface area contributed by atoms with Gasteiger partial charge in [-0.1, -0.05) is 13.8 Å². The zero-order chi connectivity index (χ0) is 14.5. The number of nitrogens with zero attached hydrogens (tertiary/aromatic N) is 2. The zero-order valence-electron chi connectivity index (χ0n) is 12.9. The van der Waals surface area contributed by atoms with Crippen LogP contribution >= 0.6 is 11.3 Å². The number of rotatable bonds is 5. The Bertz CT molecular complexity index is 449. The second kappa shape index (κ2) is 7.11. The summed E-state index contributed by atoms with van der Waals surface area (Å²) < 4.78 is 0. The van der Waals surface area contributed by atoms with Gasteiger partial charge >= 0.3 is 0 Å². The van der Waals surface area contributed by atoms with Crippen LogP contribution in [-0.4, -0.2) is 37.5 Å². The van der Waals surface area contributed by atoms with Crippen LogP contribution in [-0.2, 0) is 6.42 Å². The van der Waals surface area contributed by atoms with Gasteiger partial charge in [0.1, 0.15) is 0 Å². The minimum absolute atomic E-state index is 0.222. The molecule has 0 aliphatic carbocycles. The van der Waals surface area contributed by atoms with Crippen molar-refractivity contribution >= 4 is 22.2 Å². The first kappa shape index (κ1) is 15.4. The Labute approximate surface area is 126 Å². The summed E-state index contributed by atoms with van der Waals surface area (Å²) in [6, 6.07) is 2.14. The molecule has 2 heterocycles. The highest BCUT2D eigenvalue weighted by atomic mass is 32.1. The van der Waals surface area contributed by atoms with E-state index in [1.54, 1.807) is 11.3 Å². The Morgan fingerprint density at radius 2 is 2.00 bits per heavy atom.